The number of hydrogen-bond donors (Lipinski definition) is 2. The van der Waals surface area contributed by atoms with Gasteiger partial charge in [-0.1, -0.05) is 0 Å². The van der Waals surface area contributed by atoms with Crippen LogP contribution in [0.2, 0.25) is 0 Å². The van der Waals surface area contributed by atoms with Crippen molar-refractivity contribution in [2.24, 2.45) is 16.6 Å². The summed E-state index contributed by atoms with van der Waals surface area (Å²) in [6.45, 7) is 10.2. The maximum atomic E-state index is 11.3. The maximum Gasteiger partial charge on any atom is 0.220 e. The number of piperidine rings is 1. The Bertz CT molecular complexity index is 530. The number of primary amides is 1. The van der Waals surface area contributed by atoms with Crippen LogP contribution in [0.25, 0.3) is 0 Å². The lowest BCUT2D eigenvalue weighted by atomic mass is 9.96. The second-order valence-electron chi connectivity index (χ2n) is 8.37. The standard InChI is InChI=1S/C21H39N5O3/c1-2-23-21(26-13-15-29-19(16-26)18-6-5-14-28-18)24-9-3-4-10-25-11-7-17(8-12-25)20(22)27/h17-19H,2-16H2,1H3,(H2,22,27)(H,23,24). The number of rotatable bonds is 8. The van der Waals surface area contributed by atoms with E-state index in [1.165, 1.54) is 0 Å². The monoisotopic (exact) mass is 409 g/mol. The van der Waals surface area contributed by atoms with Gasteiger partial charge in [-0.25, -0.2) is 0 Å². The van der Waals surface area contributed by atoms with E-state index in [4.69, 9.17) is 20.2 Å². The number of ether oxygens (including phenoxy) is 2. The second kappa shape index (κ2) is 11.7. The highest BCUT2D eigenvalue weighted by molar-refractivity contribution is 5.80. The van der Waals surface area contributed by atoms with Crippen LogP contribution in [0.5, 0.6) is 0 Å². The van der Waals surface area contributed by atoms with Crippen LogP contribution in [0.4, 0.5) is 0 Å². The molecule has 3 N–H and O–H groups in total. The number of morpholine rings is 1. The minimum atomic E-state index is -0.139. The number of unbranched alkanes of at least 4 members (excludes halogenated alkanes) is 1. The number of nitrogens with one attached hydrogen (secondary N) is 1. The highest BCUT2D eigenvalue weighted by atomic mass is 16.5. The molecule has 3 aliphatic rings. The van der Waals surface area contributed by atoms with E-state index in [-0.39, 0.29) is 24.0 Å². The van der Waals surface area contributed by atoms with Crippen LogP contribution >= 0.6 is 0 Å². The highest BCUT2D eigenvalue weighted by Crippen LogP contribution is 2.21. The molecule has 0 aromatic rings. The number of carbonyl (C=O) groups is 1. The van der Waals surface area contributed by atoms with Gasteiger partial charge in [-0.3, -0.25) is 9.79 Å². The van der Waals surface area contributed by atoms with E-state index in [1.807, 2.05) is 0 Å². The summed E-state index contributed by atoms with van der Waals surface area (Å²) in [5.41, 5.74) is 5.41. The van der Waals surface area contributed by atoms with E-state index >= 15 is 0 Å². The lowest BCUT2D eigenvalue weighted by Gasteiger charge is -2.37. The summed E-state index contributed by atoms with van der Waals surface area (Å²) >= 11 is 0. The minimum Gasteiger partial charge on any atom is -0.375 e. The van der Waals surface area contributed by atoms with Gasteiger partial charge in [-0.15, -0.1) is 0 Å². The van der Waals surface area contributed by atoms with Gasteiger partial charge in [0, 0.05) is 38.7 Å². The Morgan fingerprint density at radius 3 is 2.59 bits per heavy atom. The first-order valence-corrected chi connectivity index (χ1v) is 11.5. The molecule has 0 bridgehead atoms. The first kappa shape index (κ1) is 22.3. The second-order valence-corrected chi connectivity index (χ2v) is 8.37. The number of carbonyl (C=O) groups excluding carboxylic acids is 1. The first-order chi connectivity index (χ1) is 14.2. The van der Waals surface area contributed by atoms with Crippen molar-refractivity contribution in [2.45, 2.75) is 57.7 Å². The topological polar surface area (TPSA) is 92.4 Å². The van der Waals surface area contributed by atoms with Gasteiger partial charge in [0.15, 0.2) is 5.96 Å². The van der Waals surface area contributed by atoms with Crippen LogP contribution < -0.4 is 11.1 Å². The molecule has 0 radical (unpaired) electrons. The Morgan fingerprint density at radius 2 is 1.90 bits per heavy atom. The summed E-state index contributed by atoms with van der Waals surface area (Å²) in [5, 5.41) is 3.44. The third kappa shape index (κ3) is 6.83. The van der Waals surface area contributed by atoms with E-state index < -0.39 is 0 Å². The number of amides is 1. The molecule has 0 saturated carbocycles. The fourth-order valence-corrected chi connectivity index (χ4v) is 4.49. The van der Waals surface area contributed by atoms with Crippen molar-refractivity contribution >= 4 is 11.9 Å². The molecule has 3 heterocycles. The fraction of sp³-hybridized carbons (Fsp3) is 0.905. The maximum absolute atomic E-state index is 11.3. The van der Waals surface area contributed by atoms with Crippen LogP contribution in [0.3, 0.4) is 0 Å². The van der Waals surface area contributed by atoms with Crippen molar-refractivity contribution in [3.63, 3.8) is 0 Å². The van der Waals surface area contributed by atoms with Gasteiger partial charge in [-0.05, 0) is 65.1 Å². The molecule has 8 nitrogen and oxygen atoms in total. The average molecular weight is 410 g/mol. The average Bonchev–Trinajstić information content (AvgIpc) is 3.28. The largest absolute Gasteiger partial charge is 0.375 e. The van der Waals surface area contributed by atoms with E-state index in [9.17, 15) is 4.79 Å². The number of hydrogen-bond acceptors (Lipinski definition) is 5. The van der Waals surface area contributed by atoms with Gasteiger partial charge in [0.1, 0.15) is 6.10 Å². The van der Waals surface area contributed by atoms with Crippen LogP contribution in [0.15, 0.2) is 4.99 Å². The summed E-state index contributed by atoms with van der Waals surface area (Å²) in [6.07, 6.45) is 6.64. The van der Waals surface area contributed by atoms with Crippen molar-refractivity contribution in [1.29, 1.82) is 0 Å². The predicted octanol–water partition coefficient (Wildman–Crippen LogP) is 0.809. The van der Waals surface area contributed by atoms with Gasteiger partial charge in [0.05, 0.1) is 12.7 Å². The normalized spacial score (nSPS) is 27.3. The molecule has 3 aliphatic heterocycles. The predicted molar refractivity (Wildman–Crippen MR) is 114 cm³/mol. The molecule has 29 heavy (non-hydrogen) atoms. The SMILES string of the molecule is CCNC(=NCCCCN1CCC(C(N)=O)CC1)N1CCOC(C2CCCO2)C1. The Morgan fingerprint density at radius 1 is 1.10 bits per heavy atom. The van der Waals surface area contributed by atoms with Crippen molar-refractivity contribution < 1.29 is 14.3 Å². The lowest BCUT2D eigenvalue weighted by Crippen LogP contribution is -2.53. The van der Waals surface area contributed by atoms with Crippen molar-refractivity contribution in [2.75, 3.05) is 59.0 Å². The number of likely N-dealkylation sites (tertiary alicyclic amines) is 1. The zero-order chi connectivity index (χ0) is 20.5. The molecule has 2 unspecified atom stereocenters. The molecule has 0 spiro atoms. The van der Waals surface area contributed by atoms with E-state index in [2.05, 4.69) is 22.0 Å². The van der Waals surface area contributed by atoms with Crippen molar-refractivity contribution in [3.05, 3.63) is 0 Å². The smallest absolute Gasteiger partial charge is 0.220 e. The Labute approximate surface area is 175 Å². The third-order valence-corrected chi connectivity index (χ3v) is 6.24. The quantitative estimate of drug-likeness (QED) is 0.350. The van der Waals surface area contributed by atoms with Gasteiger partial charge < -0.3 is 30.3 Å². The molecule has 3 fully saturated rings. The molecule has 2 atom stereocenters. The van der Waals surface area contributed by atoms with Gasteiger partial charge in [-0.2, -0.15) is 0 Å². The van der Waals surface area contributed by atoms with Crippen LogP contribution in [0.1, 0.15) is 45.4 Å². The molecule has 1 amide bonds. The van der Waals surface area contributed by atoms with Crippen LogP contribution in [-0.4, -0.2) is 92.9 Å². The summed E-state index contributed by atoms with van der Waals surface area (Å²) in [5.74, 6) is 0.936. The Hall–Kier alpha value is -1.38. The van der Waals surface area contributed by atoms with Crippen LogP contribution in [0, 0.1) is 5.92 Å². The molecule has 3 rings (SSSR count). The molecule has 166 valence electrons. The van der Waals surface area contributed by atoms with E-state index in [1.54, 1.807) is 0 Å². The summed E-state index contributed by atoms with van der Waals surface area (Å²) in [4.78, 5) is 20.9. The zero-order valence-electron chi connectivity index (χ0n) is 18.0. The van der Waals surface area contributed by atoms with Gasteiger partial charge in [0.25, 0.3) is 0 Å². The lowest BCUT2D eigenvalue weighted by molar-refractivity contribution is -0.123. The third-order valence-electron chi connectivity index (χ3n) is 6.24. The summed E-state index contributed by atoms with van der Waals surface area (Å²) in [7, 11) is 0. The molecule has 0 aromatic heterocycles. The Kier molecular flexibility index (Phi) is 9.01. The first-order valence-electron chi connectivity index (χ1n) is 11.5. The summed E-state index contributed by atoms with van der Waals surface area (Å²) < 4.78 is 11.8. The van der Waals surface area contributed by atoms with E-state index in [0.29, 0.717) is 0 Å². The number of nitrogens with zero attached hydrogens (tertiary/aromatic N) is 3. The van der Waals surface area contributed by atoms with Crippen LogP contribution in [-0.2, 0) is 14.3 Å². The van der Waals surface area contributed by atoms with Crippen molar-refractivity contribution in [3.8, 4) is 0 Å². The Balaban J connectivity index is 1.38. The fourth-order valence-electron chi connectivity index (χ4n) is 4.49. The number of nitrogens with two attached hydrogens (primary N) is 1. The van der Waals surface area contributed by atoms with E-state index in [0.717, 1.165) is 104 Å². The number of guanidine groups is 1. The molecule has 0 aliphatic carbocycles. The molecular formula is C21H39N5O3. The molecular weight excluding hydrogens is 370 g/mol. The zero-order valence-corrected chi connectivity index (χ0v) is 18.0. The summed E-state index contributed by atoms with van der Waals surface area (Å²) in [6, 6.07) is 0. The van der Waals surface area contributed by atoms with Gasteiger partial charge >= 0.3 is 0 Å². The number of aliphatic imine (C=N–C) groups is 1. The highest BCUT2D eigenvalue weighted by Gasteiger charge is 2.32. The minimum absolute atomic E-state index is 0.0745. The molecule has 3 saturated heterocycles. The van der Waals surface area contributed by atoms with Gasteiger partial charge in [0.2, 0.25) is 5.91 Å². The molecule has 0 aromatic carbocycles. The van der Waals surface area contributed by atoms with Crippen molar-refractivity contribution in [1.82, 2.24) is 15.1 Å². The molecule has 8 heteroatoms.